The lowest BCUT2D eigenvalue weighted by atomic mass is 10.0. The molecule has 2 aliphatic rings. The van der Waals surface area contributed by atoms with E-state index in [1.165, 1.54) is 24.1 Å². The van der Waals surface area contributed by atoms with Gasteiger partial charge in [-0.15, -0.1) is 0 Å². The number of amides is 1. The number of benzene rings is 2. The predicted octanol–water partition coefficient (Wildman–Crippen LogP) is 3.05. The second kappa shape index (κ2) is 8.10. The van der Waals surface area contributed by atoms with Gasteiger partial charge in [-0.3, -0.25) is 9.69 Å². The maximum Gasteiger partial charge on any atom is 0.251 e. The Bertz CT molecular complexity index is 829. The van der Waals surface area contributed by atoms with Crippen LogP contribution in [-0.4, -0.2) is 51.3 Å². The number of nitrogens with one attached hydrogen (secondary N) is 1. The Hall–Kier alpha value is -2.73. The van der Waals surface area contributed by atoms with Crippen LogP contribution >= 0.6 is 0 Å². The third-order valence-corrected chi connectivity index (χ3v) is 5.47. The molecule has 1 atom stereocenters. The molecule has 148 valence electrons. The van der Waals surface area contributed by atoms with Crippen molar-refractivity contribution in [2.45, 2.75) is 18.9 Å². The van der Waals surface area contributed by atoms with Gasteiger partial charge in [-0.05, 0) is 61.8 Å². The smallest absolute Gasteiger partial charge is 0.251 e. The molecule has 0 radical (unpaired) electrons. The van der Waals surface area contributed by atoms with E-state index < -0.39 is 0 Å². The third-order valence-electron chi connectivity index (χ3n) is 5.47. The minimum atomic E-state index is -0.0904. The molecule has 1 amide bonds. The minimum Gasteiger partial charge on any atom is -0.454 e. The fraction of sp³-hybridized carbons (Fsp3) is 0.409. The molecule has 2 aliphatic heterocycles. The summed E-state index contributed by atoms with van der Waals surface area (Å²) in [7, 11) is 4.08. The van der Waals surface area contributed by atoms with Crippen molar-refractivity contribution in [3.8, 4) is 11.5 Å². The van der Waals surface area contributed by atoms with Crippen molar-refractivity contribution in [1.29, 1.82) is 0 Å². The first-order valence-corrected chi connectivity index (χ1v) is 9.81. The van der Waals surface area contributed by atoms with Crippen molar-refractivity contribution in [2.75, 3.05) is 45.4 Å². The summed E-state index contributed by atoms with van der Waals surface area (Å²) in [4.78, 5) is 17.3. The van der Waals surface area contributed by atoms with Crippen LogP contribution < -0.4 is 19.7 Å². The number of carbonyl (C=O) groups is 1. The highest BCUT2D eigenvalue weighted by Crippen LogP contribution is 2.32. The zero-order valence-corrected chi connectivity index (χ0v) is 16.5. The summed E-state index contributed by atoms with van der Waals surface area (Å²) in [5.41, 5.74) is 3.00. The topological polar surface area (TPSA) is 54.0 Å². The van der Waals surface area contributed by atoms with Crippen molar-refractivity contribution in [1.82, 2.24) is 10.2 Å². The Morgan fingerprint density at radius 1 is 1.07 bits per heavy atom. The van der Waals surface area contributed by atoms with Crippen LogP contribution in [0.25, 0.3) is 0 Å². The Labute approximate surface area is 166 Å². The molecular weight excluding hydrogens is 354 g/mol. The summed E-state index contributed by atoms with van der Waals surface area (Å²) in [6.45, 7) is 2.93. The fourth-order valence-corrected chi connectivity index (χ4v) is 3.83. The first kappa shape index (κ1) is 18.6. The lowest BCUT2D eigenvalue weighted by Crippen LogP contribution is -2.36. The molecule has 2 aromatic carbocycles. The molecule has 2 aromatic rings. The molecule has 4 rings (SSSR count). The quantitative estimate of drug-likeness (QED) is 0.834. The largest absolute Gasteiger partial charge is 0.454 e. The van der Waals surface area contributed by atoms with Crippen LogP contribution in [0.4, 0.5) is 5.69 Å². The molecule has 1 N–H and O–H groups in total. The highest BCUT2D eigenvalue weighted by Gasteiger charge is 2.24. The van der Waals surface area contributed by atoms with E-state index in [-0.39, 0.29) is 18.7 Å². The van der Waals surface area contributed by atoms with E-state index in [1.807, 2.05) is 14.1 Å². The monoisotopic (exact) mass is 381 g/mol. The molecular formula is C22H27N3O3. The predicted molar refractivity (Wildman–Crippen MR) is 109 cm³/mol. The Morgan fingerprint density at radius 3 is 2.50 bits per heavy atom. The van der Waals surface area contributed by atoms with E-state index in [0.29, 0.717) is 23.6 Å². The van der Waals surface area contributed by atoms with E-state index in [2.05, 4.69) is 39.4 Å². The van der Waals surface area contributed by atoms with Crippen LogP contribution in [0.3, 0.4) is 0 Å². The third kappa shape index (κ3) is 3.92. The molecule has 0 aliphatic carbocycles. The van der Waals surface area contributed by atoms with Crippen molar-refractivity contribution in [2.24, 2.45) is 0 Å². The summed E-state index contributed by atoms with van der Waals surface area (Å²) < 4.78 is 10.7. The fourth-order valence-electron chi connectivity index (χ4n) is 3.83. The van der Waals surface area contributed by atoms with Gasteiger partial charge in [0.1, 0.15) is 0 Å². The summed E-state index contributed by atoms with van der Waals surface area (Å²) in [5, 5.41) is 3.12. The summed E-state index contributed by atoms with van der Waals surface area (Å²) >= 11 is 0. The van der Waals surface area contributed by atoms with Crippen LogP contribution in [0.15, 0.2) is 42.5 Å². The lowest BCUT2D eigenvalue weighted by Gasteiger charge is -2.28. The van der Waals surface area contributed by atoms with Crippen LogP contribution in [0.5, 0.6) is 11.5 Å². The second-order valence-corrected chi connectivity index (χ2v) is 7.52. The molecule has 0 bridgehead atoms. The molecule has 0 unspecified atom stereocenters. The zero-order valence-electron chi connectivity index (χ0n) is 16.5. The molecule has 1 saturated heterocycles. The molecule has 0 saturated carbocycles. The van der Waals surface area contributed by atoms with Crippen molar-refractivity contribution >= 4 is 11.6 Å². The maximum atomic E-state index is 12.7. The van der Waals surface area contributed by atoms with Gasteiger partial charge in [0, 0.05) is 31.9 Å². The van der Waals surface area contributed by atoms with E-state index in [0.717, 1.165) is 13.1 Å². The van der Waals surface area contributed by atoms with Crippen molar-refractivity contribution in [3.05, 3.63) is 53.6 Å². The maximum absolute atomic E-state index is 12.7. The normalized spacial score (nSPS) is 16.8. The first-order chi connectivity index (χ1) is 13.6. The average Bonchev–Trinajstić information content (AvgIpc) is 3.39. The van der Waals surface area contributed by atoms with Gasteiger partial charge in [0.05, 0.1) is 6.04 Å². The van der Waals surface area contributed by atoms with Crippen molar-refractivity contribution < 1.29 is 14.3 Å². The molecule has 2 heterocycles. The second-order valence-electron chi connectivity index (χ2n) is 7.52. The van der Waals surface area contributed by atoms with Gasteiger partial charge in [-0.25, -0.2) is 0 Å². The number of hydrogen-bond donors (Lipinski definition) is 1. The van der Waals surface area contributed by atoms with Gasteiger partial charge in [-0.2, -0.15) is 0 Å². The standard InChI is InChI=1S/C22H27N3O3/c1-24(2)18-8-5-16(6-9-18)19(25-11-3-4-12-25)14-23-22(26)17-7-10-20-21(13-17)28-15-27-20/h5-10,13,19H,3-4,11-12,14-15H2,1-2H3,(H,23,26)/t19-/m0/s1. The Kier molecular flexibility index (Phi) is 5.39. The van der Waals surface area contributed by atoms with E-state index in [9.17, 15) is 4.79 Å². The average molecular weight is 381 g/mol. The Morgan fingerprint density at radius 2 is 1.79 bits per heavy atom. The number of carbonyl (C=O) groups excluding carboxylic acids is 1. The molecule has 1 fully saturated rings. The highest BCUT2D eigenvalue weighted by atomic mass is 16.7. The summed E-state index contributed by atoms with van der Waals surface area (Å²) in [6.07, 6.45) is 2.42. The van der Waals surface area contributed by atoms with Crippen LogP contribution in [-0.2, 0) is 0 Å². The van der Waals surface area contributed by atoms with E-state index >= 15 is 0 Å². The molecule has 28 heavy (non-hydrogen) atoms. The summed E-state index contributed by atoms with van der Waals surface area (Å²) in [5.74, 6) is 1.22. The van der Waals surface area contributed by atoms with Gasteiger partial charge >= 0.3 is 0 Å². The Balaban J connectivity index is 1.47. The number of anilines is 1. The lowest BCUT2D eigenvalue weighted by molar-refractivity contribution is 0.0937. The number of fused-ring (bicyclic) bond motifs is 1. The van der Waals surface area contributed by atoms with Crippen LogP contribution in [0, 0.1) is 0 Å². The van der Waals surface area contributed by atoms with E-state index in [1.54, 1.807) is 18.2 Å². The SMILES string of the molecule is CN(C)c1ccc([C@H](CNC(=O)c2ccc3c(c2)OCO3)N2CCCC2)cc1. The van der Waals surface area contributed by atoms with Crippen LogP contribution in [0.2, 0.25) is 0 Å². The zero-order chi connectivity index (χ0) is 19.5. The summed E-state index contributed by atoms with van der Waals surface area (Å²) in [6, 6.07) is 14.1. The minimum absolute atomic E-state index is 0.0904. The van der Waals surface area contributed by atoms with Crippen molar-refractivity contribution in [3.63, 3.8) is 0 Å². The molecule has 6 nitrogen and oxygen atoms in total. The number of likely N-dealkylation sites (tertiary alicyclic amines) is 1. The molecule has 0 spiro atoms. The number of hydrogen-bond acceptors (Lipinski definition) is 5. The molecule has 0 aromatic heterocycles. The van der Waals surface area contributed by atoms with Crippen LogP contribution in [0.1, 0.15) is 34.8 Å². The van der Waals surface area contributed by atoms with Gasteiger partial charge < -0.3 is 19.7 Å². The van der Waals surface area contributed by atoms with Gasteiger partial charge in [0.25, 0.3) is 5.91 Å². The number of ether oxygens (including phenoxy) is 2. The van der Waals surface area contributed by atoms with E-state index in [4.69, 9.17) is 9.47 Å². The first-order valence-electron chi connectivity index (χ1n) is 9.81. The number of nitrogens with zero attached hydrogens (tertiary/aromatic N) is 2. The molecule has 6 heteroatoms. The van der Waals surface area contributed by atoms with Gasteiger partial charge in [0.15, 0.2) is 11.5 Å². The van der Waals surface area contributed by atoms with Gasteiger partial charge in [0.2, 0.25) is 6.79 Å². The number of rotatable bonds is 6. The highest BCUT2D eigenvalue weighted by molar-refractivity contribution is 5.95. The van der Waals surface area contributed by atoms with Gasteiger partial charge in [-0.1, -0.05) is 12.1 Å².